The largest absolute Gasteiger partial charge is 0.488 e. The van der Waals surface area contributed by atoms with E-state index in [1.54, 1.807) is 4.90 Å². The van der Waals surface area contributed by atoms with Gasteiger partial charge in [-0.15, -0.1) is 0 Å². The van der Waals surface area contributed by atoms with Crippen molar-refractivity contribution in [1.82, 2.24) is 0 Å². The van der Waals surface area contributed by atoms with E-state index in [1.165, 1.54) is 10.5 Å². The number of carbonyl (C=O) groups excluding carboxylic acids is 1. The van der Waals surface area contributed by atoms with E-state index in [1.807, 2.05) is 42.5 Å². The molecule has 2 aromatic carbocycles. The second-order valence-corrected chi connectivity index (χ2v) is 8.07. The van der Waals surface area contributed by atoms with Crippen molar-refractivity contribution in [3.05, 3.63) is 60.2 Å². The van der Waals surface area contributed by atoms with Crippen LogP contribution < -0.4 is 19.9 Å². The van der Waals surface area contributed by atoms with Gasteiger partial charge in [-0.25, -0.2) is 0 Å². The highest BCUT2D eigenvalue weighted by Crippen LogP contribution is 2.20. The summed E-state index contributed by atoms with van der Waals surface area (Å²) >= 11 is 0. The molecule has 1 fully saturated rings. The Hall–Kier alpha value is -2.37. The molecule has 1 heterocycles. The molecule has 1 aliphatic rings. The molecule has 2 aromatic rings. The highest BCUT2D eigenvalue weighted by molar-refractivity contribution is 5.91. The van der Waals surface area contributed by atoms with Crippen molar-refractivity contribution in [3.63, 3.8) is 0 Å². The number of para-hydroxylation sites is 1. The lowest BCUT2D eigenvalue weighted by Gasteiger charge is -2.29. The summed E-state index contributed by atoms with van der Waals surface area (Å²) in [6.45, 7) is 10.9. The van der Waals surface area contributed by atoms with Crippen LogP contribution in [-0.4, -0.2) is 51.8 Å². The summed E-state index contributed by atoms with van der Waals surface area (Å²) in [6, 6.07) is 18.3. The van der Waals surface area contributed by atoms with Gasteiger partial charge in [0.2, 0.25) is 0 Å². The summed E-state index contributed by atoms with van der Waals surface area (Å²) in [5.41, 5.74) is 2.22. The van der Waals surface area contributed by atoms with Crippen molar-refractivity contribution in [1.29, 1.82) is 0 Å². The van der Waals surface area contributed by atoms with Gasteiger partial charge in [0.15, 0.2) is 6.54 Å². The Balaban J connectivity index is 1.34. The minimum absolute atomic E-state index is 0.104. The van der Waals surface area contributed by atoms with Crippen LogP contribution in [0.15, 0.2) is 54.6 Å². The van der Waals surface area contributed by atoms with Gasteiger partial charge in [-0.1, -0.05) is 44.2 Å². The highest BCUT2D eigenvalue weighted by Gasteiger charge is 2.24. The van der Waals surface area contributed by atoms with Crippen LogP contribution in [0, 0.1) is 0 Å². The Kier molecular flexibility index (Phi) is 8.08. The van der Waals surface area contributed by atoms with E-state index in [0.717, 1.165) is 57.2 Å². The third-order valence-corrected chi connectivity index (χ3v) is 5.92. The van der Waals surface area contributed by atoms with Crippen LogP contribution in [0.1, 0.15) is 31.7 Å². The van der Waals surface area contributed by atoms with E-state index < -0.39 is 0 Å². The molecule has 1 atom stereocenters. The number of ether oxygens (including phenoxy) is 1. The summed E-state index contributed by atoms with van der Waals surface area (Å²) in [4.78, 5) is 15.3. The van der Waals surface area contributed by atoms with Gasteiger partial charge < -0.3 is 19.9 Å². The Bertz CT molecular complexity index is 740. The Labute approximate surface area is 174 Å². The number of quaternary nitrogens is 2. The molecule has 156 valence electrons. The van der Waals surface area contributed by atoms with Crippen LogP contribution in [0.2, 0.25) is 0 Å². The lowest BCUT2D eigenvalue weighted by Crippen LogP contribution is -3.28. The fourth-order valence-electron chi connectivity index (χ4n) is 3.78. The topological polar surface area (TPSA) is 47.2 Å². The van der Waals surface area contributed by atoms with Crippen molar-refractivity contribution >= 4 is 11.6 Å². The number of nitrogens with one attached hydrogen (secondary N) is 3. The lowest BCUT2D eigenvalue weighted by atomic mass is 9.99. The predicted octanol–water partition coefficient (Wildman–Crippen LogP) is 1.00. The maximum atomic E-state index is 12.4. The maximum absolute atomic E-state index is 12.4. The van der Waals surface area contributed by atoms with E-state index in [0.29, 0.717) is 12.5 Å². The Morgan fingerprint density at radius 2 is 1.66 bits per heavy atom. The van der Waals surface area contributed by atoms with Crippen LogP contribution in [0.4, 0.5) is 5.69 Å². The molecule has 0 bridgehead atoms. The number of carbonyl (C=O) groups is 1. The van der Waals surface area contributed by atoms with Crippen molar-refractivity contribution in [2.45, 2.75) is 26.2 Å². The third-order valence-electron chi connectivity index (χ3n) is 5.92. The molecule has 3 rings (SSSR count). The quantitative estimate of drug-likeness (QED) is 0.591. The molecule has 0 saturated carbocycles. The van der Waals surface area contributed by atoms with E-state index in [2.05, 4.69) is 31.3 Å². The zero-order chi connectivity index (χ0) is 20.5. The summed E-state index contributed by atoms with van der Waals surface area (Å²) in [6.07, 6.45) is 1.13. The molecule has 1 amide bonds. The number of anilines is 1. The molecule has 1 saturated heterocycles. The van der Waals surface area contributed by atoms with Crippen molar-refractivity contribution in [2.75, 3.05) is 51.2 Å². The Morgan fingerprint density at radius 3 is 2.31 bits per heavy atom. The van der Waals surface area contributed by atoms with Crippen LogP contribution in [0.25, 0.3) is 0 Å². The molecule has 5 heteroatoms. The van der Waals surface area contributed by atoms with Crippen molar-refractivity contribution in [3.8, 4) is 5.75 Å². The molecular formula is C24H35N3O2+2. The number of amides is 1. The third kappa shape index (κ3) is 6.87. The van der Waals surface area contributed by atoms with Gasteiger partial charge in [0.25, 0.3) is 5.91 Å². The molecule has 1 aliphatic heterocycles. The number of piperazine rings is 1. The minimum Gasteiger partial charge on any atom is -0.488 e. The molecule has 0 aliphatic carbocycles. The standard InChI is InChI=1S/C24H33N3O2/c1-3-20(2)21-9-11-22(12-10-21)25-24(28)19-27-15-13-26(14-16-27)17-18-29-23-7-5-4-6-8-23/h4-12,20H,3,13-19H2,1-2H3,(H,25,28)/p+2/t20-/m1/s1. The number of hydrogen-bond acceptors (Lipinski definition) is 2. The molecule has 0 unspecified atom stereocenters. The predicted molar refractivity (Wildman–Crippen MR) is 117 cm³/mol. The molecule has 0 radical (unpaired) electrons. The fraction of sp³-hybridized carbons (Fsp3) is 0.458. The zero-order valence-corrected chi connectivity index (χ0v) is 17.7. The number of rotatable bonds is 9. The van der Waals surface area contributed by atoms with Gasteiger partial charge in [0, 0.05) is 5.69 Å². The first-order valence-electron chi connectivity index (χ1n) is 10.9. The molecule has 5 nitrogen and oxygen atoms in total. The zero-order valence-electron chi connectivity index (χ0n) is 17.7. The molecular weight excluding hydrogens is 362 g/mol. The van der Waals surface area contributed by atoms with E-state index in [9.17, 15) is 4.79 Å². The van der Waals surface area contributed by atoms with E-state index >= 15 is 0 Å². The average molecular weight is 398 g/mol. The second-order valence-electron chi connectivity index (χ2n) is 8.07. The van der Waals surface area contributed by atoms with Crippen molar-refractivity contribution in [2.24, 2.45) is 0 Å². The van der Waals surface area contributed by atoms with E-state index in [-0.39, 0.29) is 5.91 Å². The Morgan fingerprint density at radius 1 is 1.00 bits per heavy atom. The summed E-state index contributed by atoms with van der Waals surface area (Å²) in [5.74, 6) is 1.60. The lowest BCUT2D eigenvalue weighted by molar-refractivity contribution is -1.01. The van der Waals surface area contributed by atoms with E-state index in [4.69, 9.17) is 4.74 Å². The number of hydrogen-bond donors (Lipinski definition) is 3. The van der Waals surface area contributed by atoms with Crippen LogP contribution in [0.5, 0.6) is 5.75 Å². The first-order chi connectivity index (χ1) is 14.1. The second kappa shape index (κ2) is 11.0. The van der Waals surface area contributed by atoms with Gasteiger partial charge in [-0.05, 0) is 42.2 Å². The van der Waals surface area contributed by atoms with Gasteiger partial charge in [0.05, 0.1) is 0 Å². The number of benzene rings is 2. The summed E-state index contributed by atoms with van der Waals surface area (Å²) < 4.78 is 5.80. The first kappa shape index (κ1) is 21.3. The normalized spacial score (nSPS) is 20.1. The molecule has 0 aromatic heterocycles. The molecule has 0 spiro atoms. The summed E-state index contributed by atoms with van der Waals surface area (Å²) in [5, 5.41) is 3.05. The maximum Gasteiger partial charge on any atom is 0.279 e. The average Bonchev–Trinajstić information content (AvgIpc) is 2.75. The first-order valence-corrected chi connectivity index (χ1v) is 10.9. The molecule has 29 heavy (non-hydrogen) atoms. The molecule has 3 N–H and O–H groups in total. The highest BCUT2D eigenvalue weighted by atomic mass is 16.5. The van der Waals surface area contributed by atoms with Gasteiger partial charge in [-0.3, -0.25) is 4.79 Å². The van der Waals surface area contributed by atoms with Gasteiger partial charge in [0.1, 0.15) is 45.1 Å². The SMILES string of the molecule is CC[C@@H](C)c1ccc(NC(=O)C[NH+]2CC[NH+](CCOc3ccccc3)CC2)cc1. The van der Waals surface area contributed by atoms with Crippen LogP contribution in [-0.2, 0) is 4.79 Å². The fourth-order valence-corrected chi connectivity index (χ4v) is 3.78. The monoisotopic (exact) mass is 397 g/mol. The van der Waals surface area contributed by atoms with Gasteiger partial charge in [-0.2, -0.15) is 0 Å². The van der Waals surface area contributed by atoms with Gasteiger partial charge >= 0.3 is 0 Å². The van der Waals surface area contributed by atoms with Crippen LogP contribution in [0.3, 0.4) is 0 Å². The smallest absolute Gasteiger partial charge is 0.279 e. The summed E-state index contributed by atoms with van der Waals surface area (Å²) in [7, 11) is 0. The van der Waals surface area contributed by atoms with Crippen molar-refractivity contribution < 1.29 is 19.3 Å². The minimum atomic E-state index is 0.104. The van der Waals surface area contributed by atoms with Crippen LogP contribution >= 0.6 is 0 Å².